The Kier molecular flexibility index (Phi) is 7.94. The van der Waals surface area contributed by atoms with Crippen LogP contribution in [0.15, 0.2) is 80.8 Å². The SMILES string of the molecule is Cc1cc(-n2nc3c(c2C2C=CN(c4ccc5c(cnn5C)c4)C2=O)[C@H](C)N(C(=O)c2cc4cc(Br)c(F)cc4n2[C@@]2(c4noc(=O)[nH]4)C[C@@H]2C)CC3)cc(C)c1C. The average Bonchev–Trinajstić information content (AvgIpc) is 3.81. The molecule has 4 aromatic heterocycles. The van der Waals surface area contributed by atoms with Crippen molar-refractivity contribution in [2.24, 2.45) is 13.0 Å². The minimum Gasteiger partial charge on any atom is -0.330 e. The normalized spacial score (nSPS) is 21.5. The number of nitrogens with zero attached hydrogens (tertiary/aromatic N) is 8. The minimum absolute atomic E-state index is 0.0549. The van der Waals surface area contributed by atoms with Gasteiger partial charge in [0.1, 0.15) is 23.0 Å². The summed E-state index contributed by atoms with van der Waals surface area (Å²) in [6.45, 7) is 10.6. The van der Waals surface area contributed by atoms with E-state index in [1.54, 1.807) is 27.9 Å². The number of hydrogen-bond acceptors (Lipinski definition) is 7. The van der Waals surface area contributed by atoms with Crippen molar-refractivity contribution in [1.82, 2.24) is 39.2 Å². The molecule has 1 fully saturated rings. The topological polar surface area (TPSA) is 140 Å². The molecule has 7 aromatic rings. The summed E-state index contributed by atoms with van der Waals surface area (Å²) in [5.41, 5.74) is 8.12. The molecular weight excluding hydrogens is 805 g/mol. The number of benzene rings is 3. The number of aromatic amines is 1. The van der Waals surface area contributed by atoms with E-state index in [0.717, 1.165) is 44.7 Å². The number of halogens is 2. The Balaban J connectivity index is 1.10. The number of aromatic nitrogens is 7. The third kappa shape index (κ3) is 5.17. The maximum atomic E-state index is 15.3. The summed E-state index contributed by atoms with van der Waals surface area (Å²) in [5, 5.41) is 15.2. The number of carbonyl (C=O) groups excluding carboxylic acids is 2. The first kappa shape index (κ1) is 36.3. The molecule has 6 heterocycles. The second kappa shape index (κ2) is 12.7. The van der Waals surface area contributed by atoms with Crippen LogP contribution < -0.4 is 10.7 Å². The highest BCUT2D eigenvalue weighted by molar-refractivity contribution is 9.10. The average molecular weight is 845 g/mol. The van der Waals surface area contributed by atoms with E-state index in [2.05, 4.69) is 64.1 Å². The van der Waals surface area contributed by atoms with Gasteiger partial charge in [-0.15, -0.1) is 0 Å². The largest absolute Gasteiger partial charge is 0.438 e. The molecule has 0 saturated heterocycles. The van der Waals surface area contributed by atoms with E-state index in [-0.39, 0.29) is 28.0 Å². The first-order chi connectivity index (χ1) is 27.8. The second-order valence-corrected chi connectivity index (χ2v) is 16.8. The number of H-pyrrole nitrogens is 1. The van der Waals surface area contributed by atoms with Gasteiger partial charge in [-0.1, -0.05) is 12.1 Å². The lowest BCUT2D eigenvalue weighted by molar-refractivity contribution is -0.118. The van der Waals surface area contributed by atoms with Crippen molar-refractivity contribution < 1.29 is 18.5 Å². The number of nitrogens with one attached hydrogen (secondary N) is 1. The predicted molar refractivity (Wildman–Crippen MR) is 219 cm³/mol. The summed E-state index contributed by atoms with van der Waals surface area (Å²) < 4.78 is 26.0. The van der Waals surface area contributed by atoms with Gasteiger partial charge in [0.25, 0.3) is 5.91 Å². The molecule has 294 valence electrons. The lowest BCUT2D eigenvalue weighted by Gasteiger charge is -2.35. The molecule has 3 aromatic carbocycles. The van der Waals surface area contributed by atoms with Crippen LogP contribution in [0.4, 0.5) is 10.1 Å². The molecule has 15 heteroatoms. The molecule has 13 nitrogen and oxygen atoms in total. The molecule has 0 spiro atoms. The van der Waals surface area contributed by atoms with Crippen molar-refractivity contribution in [2.45, 2.75) is 65.0 Å². The van der Waals surface area contributed by atoms with E-state index >= 15 is 9.18 Å². The van der Waals surface area contributed by atoms with Crippen molar-refractivity contribution in [1.29, 1.82) is 0 Å². The molecule has 58 heavy (non-hydrogen) atoms. The highest BCUT2D eigenvalue weighted by Gasteiger charge is 2.59. The van der Waals surface area contributed by atoms with Gasteiger partial charge in [0.15, 0.2) is 5.82 Å². The molecule has 4 atom stereocenters. The highest BCUT2D eigenvalue weighted by atomic mass is 79.9. The predicted octanol–water partition coefficient (Wildman–Crippen LogP) is 7.40. The summed E-state index contributed by atoms with van der Waals surface area (Å²) >= 11 is 3.32. The third-order valence-electron chi connectivity index (χ3n) is 12.7. The molecule has 1 unspecified atom stereocenters. The molecule has 0 radical (unpaired) electrons. The molecule has 2 aliphatic heterocycles. The summed E-state index contributed by atoms with van der Waals surface area (Å²) in [4.78, 5) is 48.3. The summed E-state index contributed by atoms with van der Waals surface area (Å²) in [6.07, 6.45) is 6.50. The molecule has 1 aliphatic carbocycles. The Morgan fingerprint density at radius 3 is 2.47 bits per heavy atom. The van der Waals surface area contributed by atoms with Gasteiger partial charge in [0, 0.05) is 48.2 Å². The van der Waals surface area contributed by atoms with E-state index < -0.39 is 29.1 Å². The molecule has 1 N–H and O–H groups in total. The molecule has 10 rings (SSSR count). The number of anilines is 1. The van der Waals surface area contributed by atoms with Crippen LogP contribution in [0, 0.1) is 32.5 Å². The Morgan fingerprint density at radius 1 is 1.00 bits per heavy atom. The van der Waals surface area contributed by atoms with Crippen LogP contribution in [0.5, 0.6) is 0 Å². The number of hydrogen-bond donors (Lipinski definition) is 1. The fourth-order valence-electron chi connectivity index (χ4n) is 9.32. The Bertz CT molecular complexity index is 2980. The van der Waals surface area contributed by atoms with Crippen LogP contribution in [0.3, 0.4) is 0 Å². The molecule has 2 amide bonds. The van der Waals surface area contributed by atoms with Gasteiger partial charge in [-0.05, 0) is 127 Å². The maximum absolute atomic E-state index is 15.3. The van der Waals surface area contributed by atoms with E-state index in [4.69, 9.17) is 9.62 Å². The van der Waals surface area contributed by atoms with Crippen LogP contribution in [-0.2, 0) is 23.8 Å². The van der Waals surface area contributed by atoms with Gasteiger partial charge in [-0.3, -0.25) is 28.7 Å². The molecule has 0 bridgehead atoms. The van der Waals surface area contributed by atoms with Crippen molar-refractivity contribution in [3.05, 3.63) is 133 Å². The number of amides is 2. The minimum atomic E-state index is -0.941. The van der Waals surface area contributed by atoms with Gasteiger partial charge < -0.3 is 9.47 Å². The van der Waals surface area contributed by atoms with Gasteiger partial charge in [-0.2, -0.15) is 10.2 Å². The second-order valence-electron chi connectivity index (χ2n) is 16.0. The van der Waals surface area contributed by atoms with Gasteiger partial charge in [-0.25, -0.2) is 13.9 Å². The number of fused-ring (bicyclic) bond motifs is 3. The van der Waals surface area contributed by atoms with E-state index in [1.165, 1.54) is 11.6 Å². The van der Waals surface area contributed by atoms with Crippen LogP contribution >= 0.6 is 15.9 Å². The molecule has 3 aliphatic rings. The number of rotatable bonds is 6. The van der Waals surface area contributed by atoms with Crippen LogP contribution in [0.2, 0.25) is 0 Å². The van der Waals surface area contributed by atoms with Crippen molar-refractivity contribution in [3.8, 4) is 5.69 Å². The van der Waals surface area contributed by atoms with Gasteiger partial charge >= 0.3 is 5.76 Å². The zero-order valence-corrected chi connectivity index (χ0v) is 34.3. The third-order valence-corrected chi connectivity index (χ3v) is 13.4. The zero-order chi connectivity index (χ0) is 40.5. The Hall–Kier alpha value is -6.09. The van der Waals surface area contributed by atoms with Gasteiger partial charge in [0.05, 0.1) is 44.8 Å². The Morgan fingerprint density at radius 2 is 1.76 bits per heavy atom. The number of carbonyl (C=O) groups is 2. The number of aryl methyl sites for hydroxylation is 3. The fourth-order valence-corrected chi connectivity index (χ4v) is 9.68. The van der Waals surface area contributed by atoms with E-state index in [9.17, 15) is 9.59 Å². The van der Waals surface area contributed by atoms with Gasteiger partial charge in [0.2, 0.25) is 5.91 Å². The smallest absolute Gasteiger partial charge is 0.330 e. The van der Waals surface area contributed by atoms with Crippen LogP contribution in [-0.4, -0.2) is 57.5 Å². The van der Waals surface area contributed by atoms with Crippen LogP contribution in [0.1, 0.15) is 82.2 Å². The quantitative estimate of drug-likeness (QED) is 0.184. The van der Waals surface area contributed by atoms with Crippen molar-refractivity contribution >= 4 is 55.2 Å². The summed E-state index contributed by atoms with van der Waals surface area (Å²) in [6, 6.07) is 14.4. The molecule has 1 saturated carbocycles. The monoisotopic (exact) mass is 843 g/mol. The standard InChI is InChI=1S/C43H39BrFN9O4/c1-21-13-29(14-22(2)24(21)4)54-38(30-9-11-52(39(30)55)28-7-8-34-27(15-28)20-46-50(34)6)37-25(5)51(12-10-33(37)48-54)40(56)36-17-26-16-31(44)32(45)18-35(26)53(36)43(19-23(43)3)41-47-42(57)58-49-41/h7-9,11,13-18,20,23,25,30H,10,12,19H2,1-6H3,(H,47,49,57)/t23-,25-,30?,43-/m0/s1. The molecular formula is C43H39BrFN9O4. The maximum Gasteiger partial charge on any atom is 0.438 e. The van der Waals surface area contributed by atoms with E-state index in [1.807, 2.05) is 65.5 Å². The van der Waals surface area contributed by atoms with E-state index in [0.29, 0.717) is 41.7 Å². The summed E-state index contributed by atoms with van der Waals surface area (Å²) in [5.74, 6) is -2.09. The first-order valence-corrected chi connectivity index (χ1v) is 20.1. The summed E-state index contributed by atoms with van der Waals surface area (Å²) in [7, 11) is 1.88. The highest BCUT2D eigenvalue weighted by Crippen LogP contribution is 2.56. The lowest BCUT2D eigenvalue weighted by atomic mass is 9.91. The van der Waals surface area contributed by atoms with Crippen molar-refractivity contribution in [2.75, 3.05) is 11.4 Å². The first-order valence-electron chi connectivity index (χ1n) is 19.3. The Labute approximate surface area is 339 Å². The lowest BCUT2D eigenvalue weighted by Crippen LogP contribution is -2.41. The fraction of sp³-hybridized carbons (Fsp3) is 0.302. The zero-order valence-electron chi connectivity index (χ0n) is 32.7. The van der Waals surface area contributed by atoms with Crippen LogP contribution in [0.25, 0.3) is 27.5 Å². The van der Waals surface area contributed by atoms with Crippen molar-refractivity contribution in [3.63, 3.8) is 0 Å².